The Balaban J connectivity index is 1.56. The summed E-state index contributed by atoms with van der Waals surface area (Å²) < 4.78 is 37.5. The molecule has 0 aliphatic carbocycles. The summed E-state index contributed by atoms with van der Waals surface area (Å²) in [6.07, 6.45) is 2.78. The fourth-order valence-corrected chi connectivity index (χ4v) is 5.39. The highest BCUT2D eigenvalue weighted by atomic mass is 32.2. The van der Waals surface area contributed by atoms with Gasteiger partial charge in [-0.15, -0.1) is 0 Å². The average Bonchev–Trinajstić information content (AvgIpc) is 3.53. The van der Waals surface area contributed by atoms with Crippen LogP contribution in [0.4, 0.5) is 17.1 Å². The molecule has 4 aromatic rings. The number of hydrogen-bond donors (Lipinski definition) is 2. The van der Waals surface area contributed by atoms with Crippen LogP contribution in [0.1, 0.15) is 23.5 Å². The number of anilines is 2. The number of ether oxygens (including phenoxy) is 1. The summed E-state index contributed by atoms with van der Waals surface area (Å²) in [5.41, 5.74) is 2.33. The first kappa shape index (κ1) is 26.1. The van der Waals surface area contributed by atoms with Crippen LogP contribution in [0.25, 0.3) is 11.3 Å². The van der Waals surface area contributed by atoms with Crippen molar-refractivity contribution in [3.05, 3.63) is 101 Å². The summed E-state index contributed by atoms with van der Waals surface area (Å²) in [5, 5.41) is 15.0. The van der Waals surface area contributed by atoms with E-state index in [0.717, 1.165) is 11.9 Å². The van der Waals surface area contributed by atoms with Crippen LogP contribution in [0.3, 0.4) is 0 Å². The minimum Gasteiger partial charge on any atom is -0.496 e. The van der Waals surface area contributed by atoms with E-state index in [0.29, 0.717) is 39.3 Å². The molecule has 11 nitrogen and oxygen atoms in total. The number of pyridine rings is 1. The average molecular weight is 566 g/mol. The highest BCUT2D eigenvalue weighted by molar-refractivity contribution is 7.92. The highest BCUT2D eigenvalue weighted by Gasteiger charge is 2.42. The van der Waals surface area contributed by atoms with Gasteiger partial charge in [0.25, 0.3) is 5.69 Å². The Morgan fingerprint density at radius 1 is 1.13 bits per heavy atom. The number of aromatic nitrogens is 1. The fraction of sp³-hybridized carbons (Fsp3) is 0.154. The summed E-state index contributed by atoms with van der Waals surface area (Å²) in [5.74, 6) is 1.32. The first-order chi connectivity index (χ1) is 18.6. The van der Waals surface area contributed by atoms with Crippen molar-refractivity contribution >= 4 is 44.4 Å². The lowest BCUT2D eigenvalue weighted by Crippen LogP contribution is -2.29. The van der Waals surface area contributed by atoms with E-state index >= 15 is 0 Å². The molecule has 1 aliphatic rings. The molecule has 0 radical (unpaired) electrons. The summed E-state index contributed by atoms with van der Waals surface area (Å²) in [7, 11) is -1.99. The molecule has 0 saturated carbocycles. The second-order valence-electron chi connectivity index (χ2n) is 8.76. The monoisotopic (exact) mass is 565 g/mol. The lowest BCUT2D eigenvalue weighted by Gasteiger charge is -2.26. The molecular formula is C26H23N5O6S2. The van der Waals surface area contributed by atoms with Crippen molar-refractivity contribution in [2.75, 3.05) is 23.0 Å². The zero-order valence-electron chi connectivity index (χ0n) is 20.8. The Hall–Kier alpha value is -4.49. The number of furan rings is 1. The third kappa shape index (κ3) is 5.40. The van der Waals surface area contributed by atoms with E-state index in [1.807, 2.05) is 29.2 Å². The van der Waals surface area contributed by atoms with Crippen LogP contribution in [0, 0.1) is 10.1 Å². The number of nitrogens with zero attached hydrogens (tertiary/aromatic N) is 3. The van der Waals surface area contributed by atoms with Crippen LogP contribution in [-0.2, 0) is 10.0 Å². The molecule has 2 aromatic heterocycles. The van der Waals surface area contributed by atoms with Crippen LogP contribution >= 0.6 is 12.2 Å². The minimum absolute atomic E-state index is 0.0945. The van der Waals surface area contributed by atoms with Gasteiger partial charge in [-0.3, -0.25) is 19.8 Å². The van der Waals surface area contributed by atoms with Gasteiger partial charge in [0.15, 0.2) is 5.11 Å². The molecule has 3 heterocycles. The summed E-state index contributed by atoms with van der Waals surface area (Å²) in [6.45, 7) is 0. The molecule has 39 heavy (non-hydrogen) atoms. The Morgan fingerprint density at radius 3 is 2.54 bits per heavy atom. The molecule has 0 amide bonds. The summed E-state index contributed by atoms with van der Waals surface area (Å²) in [6, 6.07) is 19.5. The van der Waals surface area contributed by atoms with Gasteiger partial charge in [-0.25, -0.2) is 8.42 Å². The van der Waals surface area contributed by atoms with Gasteiger partial charge >= 0.3 is 0 Å². The van der Waals surface area contributed by atoms with Gasteiger partial charge in [0, 0.05) is 23.6 Å². The number of hydrogen-bond acceptors (Lipinski definition) is 8. The van der Waals surface area contributed by atoms with Crippen molar-refractivity contribution in [2.24, 2.45) is 0 Å². The first-order valence-electron chi connectivity index (χ1n) is 11.7. The van der Waals surface area contributed by atoms with Crippen LogP contribution in [-0.4, -0.2) is 36.8 Å². The Kier molecular flexibility index (Phi) is 6.93. The third-order valence-electron chi connectivity index (χ3n) is 6.13. The van der Waals surface area contributed by atoms with Gasteiger partial charge in [0.2, 0.25) is 10.0 Å². The molecule has 1 aliphatic heterocycles. The lowest BCUT2D eigenvalue weighted by molar-refractivity contribution is -0.384. The molecule has 2 atom stereocenters. The van der Waals surface area contributed by atoms with Gasteiger partial charge in [0.05, 0.1) is 41.7 Å². The number of nitrogens with one attached hydrogen (secondary N) is 2. The fourth-order valence-electron chi connectivity index (χ4n) is 4.48. The molecular weight excluding hydrogens is 542 g/mol. The number of rotatable bonds is 8. The van der Waals surface area contributed by atoms with Gasteiger partial charge in [-0.1, -0.05) is 6.07 Å². The first-order valence-corrected chi connectivity index (χ1v) is 14.0. The van der Waals surface area contributed by atoms with Crippen molar-refractivity contribution in [1.82, 2.24) is 10.3 Å². The molecule has 200 valence electrons. The lowest BCUT2D eigenvalue weighted by atomic mass is 10.0. The maximum Gasteiger partial charge on any atom is 0.273 e. The van der Waals surface area contributed by atoms with Crippen LogP contribution < -0.4 is 19.7 Å². The van der Waals surface area contributed by atoms with Crippen LogP contribution in [0.2, 0.25) is 0 Å². The number of nitro benzene ring substituents is 1. The van der Waals surface area contributed by atoms with Crippen molar-refractivity contribution in [2.45, 2.75) is 12.1 Å². The van der Waals surface area contributed by atoms with E-state index in [-0.39, 0.29) is 11.7 Å². The molecule has 2 aromatic carbocycles. The Morgan fingerprint density at radius 2 is 1.90 bits per heavy atom. The van der Waals surface area contributed by atoms with Crippen LogP contribution in [0.5, 0.6) is 5.75 Å². The van der Waals surface area contributed by atoms with Crippen molar-refractivity contribution < 1.29 is 22.5 Å². The number of nitro groups is 1. The smallest absolute Gasteiger partial charge is 0.273 e. The molecule has 1 saturated heterocycles. The maximum atomic E-state index is 11.6. The Labute approximate surface area is 229 Å². The second kappa shape index (κ2) is 10.3. The number of thiocarbonyl (C=S) groups is 1. The highest BCUT2D eigenvalue weighted by Crippen LogP contribution is 2.44. The second-order valence-corrected chi connectivity index (χ2v) is 10.9. The standard InChI is InChI=1S/C26H23N5O6S2/c1-36-23-15-18(31(32)33)10-11-19(23)21-12-13-22(37-21)25-24(20-5-3-4-14-27-20)28-26(38)30(25)17-8-6-16(7-9-17)29-39(2,34)35/h3-15,24-25,29H,1-2H3,(H,28,38). The molecule has 5 rings (SSSR count). The molecule has 1 fully saturated rings. The van der Waals surface area contributed by atoms with Gasteiger partial charge < -0.3 is 19.4 Å². The van der Waals surface area contributed by atoms with Crippen molar-refractivity contribution in [3.63, 3.8) is 0 Å². The largest absolute Gasteiger partial charge is 0.496 e. The number of methoxy groups -OCH3 is 1. The zero-order valence-corrected chi connectivity index (χ0v) is 22.4. The van der Waals surface area contributed by atoms with Crippen molar-refractivity contribution in [3.8, 4) is 17.1 Å². The quantitative estimate of drug-likeness (QED) is 0.174. The zero-order chi connectivity index (χ0) is 27.7. The van der Waals surface area contributed by atoms with Gasteiger partial charge in [0.1, 0.15) is 23.3 Å². The topological polar surface area (TPSA) is 140 Å². The van der Waals surface area contributed by atoms with E-state index in [2.05, 4.69) is 15.0 Å². The van der Waals surface area contributed by atoms with Crippen LogP contribution in [0.15, 0.2) is 83.4 Å². The molecule has 2 unspecified atom stereocenters. The van der Waals surface area contributed by atoms with Gasteiger partial charge in [-0.2, -0.15) is 0 Å². The van der Waals surface area contributed by atoms with E-state index in [1.54, 1.807) is 42.6 Å². The molecule has 13 heteroatoms. The van der Waals surface area contributed by atoms with Gasteiger partial charge in [-0.05, 0) is 66.8 Å². The molecule has 0 spiro atoms. The van der Waals surface area contributed by atoms with Crippen molar-refractivity contribution in [1.29, 1.82) is 0 Å². The van der Waals surface area contributed by atoms with E-state index in [4.69, 9.17) is 21.4 Å². The number of benzene rings is 2. The number of sulfonamides is 1. The maximum absolute atomic E-state index is 11.6. The summed E-state index contributed by atoms with van der Waals surface area (Å²) >= 11 is 5.73. The predicted molar refractivity (Wildman–Crippen MR) is 150 cm³/mol. The number of non-ortho nitro benzene ring substituents is 1. The van der Waals surface area contributed by atoms with E-state index < -0.39 is 21.0 Å². The normalized spacial score (nSPS) is 17.1. The SMILES string of the molecule is COc1cc([N+](=O)[O-])ccc1-c1ccc(C2C(c3ccccn3)NC(=S)N2c2ccc(NS(C)(=O)=O)cc2)o1. The third-order valence-corrected chi connectivity index (χ3v) is 7.05. The van der Waals surface area contributed by atoms with E-state index in [9.17, 15) is 18.5 Å². The molecule has 0 bridgehead atoms. The summed E-state index contributed by atoms with van der Waals surface area (Å²) in [4.78, 5) is 17.1. The Bertz CT molecular complexity index is 1640. The predicted octanol–water partition coefficient (Wildman–Crippen LogP) is 4.81. The minimum atomic E-state index is -3.43. The van der Waals surface area contributed by atoms with E-state index in [1.165, 1.54) is 19.2 Å². The molecule has 2 N–H and O–H groups in total.